The van der Waals surface area contributed by atoms with Crippen LogP contribution in [0.3, 0.4) is 0 Å². The Bertz CT molecular complexity index is 1150. The summed E-state index contributed by atoms with van der Waals surface area (Å²) in [5.41, 5.74) is 3.11. The molecule has 3 aromatic rings. The second-order valence-corrected chi connectivity index (χ2v) is 9.84. The lowest BCUT2D eigenvalue weighted by molar-refractivity contribution is -0.134. The van der Waals surface area contributed by atoms with Gasteiger partial charge in [0.25, 0.3) is 11.8 Å². The minimum atomic E-state index is -0.235. The number of likely N-dealkylation sites (tertiary alicyclic amines) is 1. The van der Waals surface area contributed by atoms with E-state index in [-0.39, 0.29) is 23.9 Å². The van der Waals surface area contributed by atoms with Crippen LogP contribution in [0.1, 0.15) is 51.9 Å². The van der Waals surface area contributed by atoms with Crippen molar-refractivity contribution in [2.24, 2.45) is 5.10 Å². The highest BCUT2D eigenvalue weighted by molar-refractivity contribution is 7.12. The Labute approximate surface area is 203 Å². The van der Waals surface area contributed by atoms with Crippen molar-refractivity contribution in [1.82, 2.24) is 15.2 Å². The van der Waals surface area contributed by atoms with Gasteiger partial charge >= 0.3 is 0 Å². The monoisotopic (exact) mass is 476 g/mol. The number of carbonyl (C=O) groups excluding carboxylic acids is 2. The minimum absolute atomic E-state index is 0.0131. The van der Waals surface area contributed by atoms with Crippen molar-refractivity contribution in [3.05, 3.63) is 81.9 Å². The normalized spacial score (nSPS) is 19.3. The number of carbonyl (C=O) groups is 2. The molecule has 1 saturated heterocycles. The van der Waals surface area contributed by atoms with Gasteiger partial charge in [0.05, 0.1) is 23.4 Å². The molecule has 8 heteroatoms. The quantitative estimate of drug-likeness (QED) is 0.578. The van der Waals surface area contributed by atoms with Crippen molar-refractivity contribution in [2.45, 2.75) is 38.3 Å². The van der Waals surface area contributed by atoms with E-state index in [4.69, 9.17) is 9.52 Å². The zero-order chi connectivity index (χ0) is 23.5. The van der Waals surface area contributed by atoms with Crippen LogP contribution in [0.15, 0.2) is 69.7 Å². The Hall–Kier alpha value is -3.23. The maximum atomic E-state index is 13.3. The molecule has 2 aliphatic rings. The lowest BCUT2D eigenvalue weighted by atomic mass is 10.0. The summed E-state index contributed by atoms with van der Waals surface area (Å²) in [6.07, 6.45) is 3.91. The number of furan rings is 1. The van der Waals surface area contributed by atoms with Crippen LogP contribution in [0.4, 0.5) is 0 Å². The standard InChI is InChI=1S/C26H28N4O3S/c1-18-6-8-19(9-7-18)21-16-22(23-4-2-14-33-23)30(28-21)25(31)17-29-12-10-20(11-13-29)27-26(32)24-5-3-15-34-24/h2-9,14-15,20,22H,10-13,16-17H2,1H3,(H,27,32). The average Bonchev–Trinajstić information content (AvgIpc) is 3.62. The Balaban J connectivity index is 1.22. The van der Waals surface area contributed by atoms with Gasteiger partial charge in [0, 0.05) is 25.6 Å². The molecule has 1 aromatic carbocycles. The van der Waals surface area contributed by atoms with E-state index in [1.54, 1.807) is 11.3 Å². The Kier molecular flexibility index (Phi) is 6.60. The van der Waals surface area contributed by atoms with Gasteiger partial charge in [-0.05, 0) is 48.9 Å². The molecule has 1 N–H and O–H groups in total. The first-order valence-electron chi connectivity index (χ1n) is 11.6. The molecule has 7 nitrogen and oxygen atoms in total. The molecule has 0 spiro atoms. The van der Waals surface area contributed by atoms with E-state index in [9.17, 15) is 9.59 Å². The summed E-state index contributed by atoms with van der Waals surface area (Å²) >= 11 is 1.45. The molecule has 34 heavy (non-hydrogen) atoms. The average molecular weight is 477 g/mol. The lowest BCUT2D eigenvalue weighted by Gasteiger charge is -2.32. The van der Waals surface area contributed by atoms with E-state index < -0.39 is 0 Å². The molecule has 0 aliphatic carbocycles. The highest BCUT2D eigenvalue weighted by Crippen LogP contribution is 2.33. The van der Waals surface area contributed by atoms with Gasteiger partial charge in [-0.15, -0.1) is 11.3 Å². The summed E-state index contributed by atoms with van der Waals surface area (Å²) in [7, 11) is 0. The third-order valence-electron chi connectivity index (χ3n) is 6.45. The van der Waals surface area contributed by atoms with E-state index in [1.165, 1.54) is 16.9 Å². The van der Waals surface area contributed by atoms with Crippen molar-refractivity contribution in [3.8, 4) is 0 Å². The van der Waals surface area contributed by atoms with Crippen LogP contribution < -0.4 is 5.32 Å². The molecule has 2 aliphatic heterocycles. The van der Waals surface area contributed by atoms with Gasteiger partial charge in [-0.2, -0.15) is 5.10 Å². The van der Waals surface area contributed by atoms with E-state index in [2.05, 4.69) is 41.4 Å². The number of hydrazone groups is 1. The van der Waals surface area contributed by atoms with Gasteiger partial charge in [0.1, 0.15) is 11.8 Å². The first kappa shape index (κ1) is 22.6. The van der Waals surface area contributed by atoms with Crippen LogP contribution >= 0.6 is 11.3 Å². The van der Waals surface area contributed by atoms with Gasteiger partial charge in [-0.3, -0.25) is 14.5 Å². The third-order valence-corrected chi connectivity index (χ3v) is 7.32. The van der Waals surface area contributed by atoms with Crippen LogP contribution in [0.25, 0.3) is 0 Å². The Morgan fingerprint density at radius 3 is 2.59 bits per heavy atom. The van der Waals surface area contributed by atoms with Crippen LogP contribution in [0, 0.1) is 6.92 Å². The molecule has 1 atom stereocenters. The van der Waals surface area contributed by atoms with Gasteiger partial charge < -0.3 is 9.73 Å². The summed E-state index contributed by atoms with van der Waals surface area (Å²) in [4.78, 5) is 28.5. The molecule has 0 radical (unpaired) electrons. The topological polar surface area (TPSA) is 78.2 Å². The van der Waals surface area contributed by atoms with Crippen molar-refractivity contribution in [1.29, 1.82) is 0 Å². The molecule has 0 bridgehead atoms. The molecule has 2 amide bonds. The van der Waals surface area contributed by atoms with Crippen LogP contribution in [-0.4, -0.2) is 53.1 Å². The predicted molar refractivity (Wildman–Crippen MR) is 132 cm³/mol. The summed E-state index contributed by atoms with van der Waals surface area (Å²) in [5.74, 6) is 0.694. The third kappa shape index (κ3) is 4.98. The second kappa shape index (κ2) is 9.95. The first-order chi connectivity index (χ1) is 16.6. The largest absolute Gasteiger partial charge is 0.467 e. The van der Waals surface area contributed by atoms with Crippen molar-refractivity contribution in [2.75, 3.05) is 19.6 Å². The fourth-order valence-corrected chi connectivity index (χ4v) is 5.15. The van der Waals surface area contributed by atoms with Gasteiger partial charge in [-0.1, -0.05) is 35.9 Å². The lowest BCUT2D eigenvalue weighted by Crippen LogP contribution is -2.47. The molecular formula is C26H28N4O3S. The SMILES string of the molecule is Cc1ccc(C2=NN(C(=O)CN3CCC(NC(=O)c4cccs4)CC3)C(c3ccco3)C2)cc1. The van der Waals surface area contributed by atoms with Gasteiger partial charge in [-0.25, -0.2) is 5.01 Å². The number of benzene rings is 1. The van der Waals surface area contributed by atoms with E-state index in [0.717, 1.165) is 47.8 Å². The molecule has 0 saturated carbocycles. The van der Waals surface area contributed by atoms with Crippen LogP contribution in [-0.2, 0) is 4.79 Å². The number of hydrogen-bond donors (Lipinski definition) is 1. The van der Waals surface area contributed by atoms with Crippen molar-refractivity contribution < 1.29 is 14.0 Å². The molecule has 176 valence electrons. The number of aryl methyl sites for hydroxylation is 1. The summed E-state index contributed by atoms with van der Waals surface area (Å²) in [6, 6.07) is 15.6. The van der Waals surface area contributed by atoms with Gasteiger partial charge in [0.15, 0.2) is 0 Å². The summed E-state index contributed by atoms with van der Waals surface area (Å²) in [5, 5.41) is 11.4. The van der Waals surface area contributed by atoms with Gasteiger partial charge in [0.2, 0.25) is 0 Å². The summed E-state index contributed by atoms with van der Waals surface area (Å²) < 4.78 is 5.65. The molecule has 5 rings (SSSR count). The molecule has 1 fully saturated rings. The molecule has 2 aromatic heterocycles. The van der Waals surface area contributed by atoms with Crippen LogP contribution in [0.2, 0.25) is 0 Å². The molecular weight excluding hydrogens is 448 g/mol. The summed E-state index contributed by atoms with van der Waals surface area (Å²) in [6.45, 7) is 3.87. The Morgan fingerprint density at radius 1 is 1.12 bits per heavy atom. The minimum Gasteiger partial charge on any atom is -0.467 e. The number of nitrogens with one attached hydrogen (secondary N) is 1. The number of nitrogens with zero attached hydrogens (tertiary/aromatic N) is 3. The number of rotatable bonds is 6. The molecule has 1 unspecified atom stereocenters. The number of piperidine rings is 1. The predicted octanol–water partition coefficient (Wildman–Crippen LogP) is 4.22. The first-order valence-corrected chi connectivity index (χ1v) is 12.5. The highest BCUT2D eigenvalue weighted by Gasteiger charge is 2.35. The smallest absolute Gasteiger partial charge is 0.261 e. The zero-order valence-corrected chi connectivity index (χ0v) is 20.0. The van der Waals surface area contributed by atoms with E-state index in [0.29, 0.717) is 13.0 Å². The maximum Gasteiger partial charge on any atom is 0.261 e. The highest BCUT2D eigenvalue weighted by atomic mass is 32.1. The number of thiophene rings is 1. The van der Waals surface area contributed by atoms with Crippen molar-refractivity contribution >= 4 is 28.9 Å². The fourth-order valence-electron chi connectivity index (χ4n) is 4.53. The molecule has 4 heterocycles. The van der Waals surface area contributed by atoms with Crippen LogP contribution in [0.5, 0.6) is 0 Å². The van der Waals surface area contributed by atoms with Crippen molar-refractivity contribution in [3.63, 3.8) is 0 Å². The van der Waals surface area contributed by atoms with E-state index in [1.807, 2.05) is 29.6 Å². The zero-order valence-electron chi connectivity index (χ0n) is 19.1. The van der Waals surface area contributed by atoms with E-state index >= 15 is 0 Å². The Morgan fingerprint density at radius 2 is 1.91 bits per heavy atom. The number of amides is 2. The fraction of sp³-hybridized carbons (Fsp3) is 0.346. The number of hydrogen-bond acceptors (Lipinski definition) is 6. The maximum absolute atomic E-state index is 13.3. The second-order valence-electron chi connectivity index (χ2n) is 8.89.